The zero-order valence-corrected chi connectivity index (χ0v) is 13.2. The van der Waals surface area contributed by atoms with Crippen molar-refractivity contribution in [3.63, 3.8) is 0 Å². The highest BCUT2D eigenvalue weighted by molar-refractivity contribution is 9.10. The molecule has 0 bridgehead atoms. The minimum Gasteiger partial charge on any atom is -0.497 e. The summed E-state index contributed by atoms with van der Waals surface area (Å²) in [5.41, 5.74) is 2.23. The van der Waals surface area contributed by atoms with Crippen LogP contribution in [0.25, 0.3) is 0 Å². The van der Waals surface area contributed by atoms with Gasteiger partial charge < -0.3 is 14.8 Å². The van der Waals surface area contributed by atoms with Crippen LogP contribution in [-0.4, -0.2) is 14.2 Å². The Labute approximate surface area is 128 Å². The van der Waals surface area contributed by atoms with Crippen LogP contribution in [0.4, 0.5) is 0 Å². The number of benzene rings is 2. The van der Waals surface area contributed by atoms with Gasteiger partial charge in [-0.1, -0.05) is 40.2 Å². The minimum absolute atomic E-state index is 0.519. The summed E-state index contributed by atoms with van der Waals surface area (Å²) in [6.45, 7) is 1.28. The fourth-order valence-corrected chi connectivity index (χ4v) is 2.30. The van der Waals surface area contributed by atoms with Crippen molar-refractivity contribution in [2.75, 3.05) is 14.2 Å². The number of nitrogens with one attached hydrogen (secondary N) is 1. The summed E-state index contributed by atoms with van der Waals surface area (Å²) in [5, 5.41) is 3.14. The third kappa shape index (κ3) is 3.74. The van der Waals surface area contributed by atoms with E-state index in [-0.39, 0.29) is 0 Å². The second-order valence-corrected chi connectivity index (χ2v) is 5.24. The number of hydrogen-bond acceptors (Lipinski definition) is 3. The molecule has 0 spiro atoms. The first-order valence-electron chi connectivity index (χ1n) is 6.42. The van der Waals surface area contributed by atoms with E-state index >= 15 is 0 Å². The lowest BCUT2D eigenvalue weighted by molar-refractivity contribution is 0.299. The summed E-state index contributed by atoms with van der Waals surface area (Å²) in [4.78, 5) is 0. The quantitative estimate of drug-likeness (QED) is 0.871. The van der Waals surface area contributed by atoms with E-state index in [1.54, 1.807) is 7.11 Å². The molecule has 0 amide bonds. The number of ether oxygens (including phenoxy) is 2. The van der Waals surface area contributed by atoms with Gasteiger partial charge in [-0.05, 0) is 19.2 Å². The maximum absolute atomic E-state index is 5.95. The first kappa shape index (κ1) is 14.9. The van der Waals surface area contributed by atoms with Gasteiger partial charge >= 0.3 is 0 Å². The fraction of sp³-hybridized carbons (Fsp3) is 0.250. The molecule has 0 saturated carbocycles. The Morgan fingerprint density at radius 3 is 2.60 bits per heavy atom. The summed E-state index contributed by atoms with van der Waals surface area (Å²) in [6, 6.07) is 13.9. The van der Waals surface area contributed by atoms with Gasteiger partial charge in [0.1, 0.15) is 18.1 Å². The Morgan fingerprint density at radius 2 is 1.90 bits per heavy atom. The smallest absolute Gasteiger partial charge is 0.127 e. The lowest BCUT2D eigenvalue weighted by Gasteiger charge is -2.13. The summed E-state index contributed by atoms with van der Waals surface area (Å²) in [7, 11) is 3.58. The molecule has 0 aliphatic rings. The number of methoxy groups -OCH3 is 1. The van der Waals surface area contributed by atoms with Gasteiger partial charge in [0.15, 0.2) is 0 Å². The minimum atomic E-state index is 0.519. The first-order chi connectivity index (χ1) is 9.74. The second-order valence-electron chi connectivity index (χ2n) is 4.38. The number of hydrogen-bond donors (Lipinski definition) is 1. The average Bonchev–Trinajstić information content (AvgIpc) is 2.48. The van der Waals surface area contributed by atoms with Gasteiger partial charge in [0, 0.05) is 28.2 Å². The Hall–Kier alpha value is -1.52. The van der Waals surface area contributed by atoms with Gasteiger partial charge in [0.2, 0.25) is 0 Å². The van der Waals surface area contributed by atoms with Crippen LogP contribution in [0.5, 0.6) is 11.5 Å². The molecule has 2 rings (SSSR count). The van der Waals surface area contributed by atoms with Crippen LogP contribution in [0, 0.1) is 0 Å². The Bertz CT molecular complexity index is 572. The van der Waals surface area contributed by atoms with Crippen LogP contribution in [0.15, 0.2) is 46.9 Å². The van der Waals surface area contributed by atoms with E-state index in [0.717, 1.165) is 33.6 Å². The van der Waals surface area contributed by atoms with Crippen molar-refractivity contribution in [3.8, 4) is 11.5 Å². The largest absolute Gasteiger partial charge is 0.497 e. The molecule has 0 atom stereocenters. The molecule has 0 radical (unpaired) electrons. The van der Waals surface area contributed by atoms with Crippen molar-refractivity contribution in [2.24, 2.45) is 0 Å². The maximum Gasteiger partial charge on any atom is 0.127 e. The molecule has 3 nitrogen and oxygen atoms in total. The topological polar surface area (TPSA) is 30.5 Å². The van der Waals surface area contributed by atoms with Crippen LogP contribution in [0.1, 0.15) is 11.1 Å². The van der Waals surface area contributed by atoms with Crippen LogP contribution in [-0.2, 0) is 13.2 Å². The molecule has 0 saturated heterocycles. The van der Waals surface area contributed by atoms with Crippen LogP contribution >= 0.6 is 15.9 Å². The zero-order chi connectivity index (χ0) is 14.4. The van der Waals surface area contributed by atoms with Crippen molar-refractivity contribution < 1.29 is 9.47 Å². The van der Waals surface area contributed by atoms with Crippen molar-refractivity contribution in [3.05, 3.63) is 58.1 Å². The molecule has 2 aromatic rings. The fourth-order valence-electron chi connectivity index (χ4n) is 1.90. The maximum atomic E-state index is 5.95. The summed E-state index contributed by atoms with van der Waals surface area (Å²) in [6.07, 6.45) is 0. The van der Waals surface area contributed by atoms with E-state index in [1.807, 2.05) is 49.5 Å². The number of halogens is 1. The van der Waals surface area contributed by atoms with E-state index in [0.29, 0.717) is 6.61 Å². The summed E-state index contributed by atoms with van der Waals surface area (Å²) < 4.78 is 12.3. The van der Waals surface area contributed by atoms with Crippen LogP contribution in [0.3, 0.4) is 0 Å². The molecular formula is C16H18BrNO2. The van der Waals surface area contributed by atoms with E-state index in [9.17, 15) is 0 Å². The molecule has 0 heterocycles. The molecule has 20 heavy (non-hydrogen) atoms. The molecule has 2 aromatic carbocycles. The SMILES string of the molecule is CNCc1ccc(OC)cc1OCc1ccccc1Br. The molecule has 4 heteroatoms. The standard InChI is InChI=1S/C16H18BrNO2/c1-18-10-12-7-8-14(19-2)9-16(12)20-11-13-5-3-4-6-15(13)17/h3-9,18H,10-11H2,1-2H3. The second kappa shape index (κ2) is 7.31. The van der Waals surface area contributed by atoms with E-state index in [1.165, 1.54) is 0 Å². The zero-order valence-electron chi connectivity index (χ0n) is 11.7. The molecule has 0 fully saturated rings. The molecule has 1 N–H and O–H groups in total. The van der Waals surface area contributed by atoms with E-state index in [4.69, 9.17) is 9.47 Å². The predicted octanol–water partition coefficient (Wildman–Crippen LogP) is 3.76. The molecule has 106 valence electrons. The van der Waals surface area contributed by atoms with Gasteiger partial charge in [-0.15, -0.1) is 0 Å². The summed E-state index contributed by atoms with van der Waals surface area (Å²) >= 11 is 3.53. The van der Waals surface area contributed by atoms with Crippen molar-refractivity contribution in [2.45, 2.75) is 13.2 Å². The Balaban J connectivity index is 2.17. The van der Waals surface area contributed by atoms with Gasteiger partial charge in [0.25, 0.3) is 0 Å². The predicted molar refractivity (Wildman–Crippen MR) is 84.2 cm³/mol. The van der Waals surface area contributed by atoms with Gasteiger partial charge in [-0.2, -0.15) is 0 Å². The molecule has 0 aliphatic carbocycles. The van der Waals surface area contributed by atoms with Gasteiger partial charge in [-0.25, -0.2) is 0 Å². The third-order valence-corrected chi connectivity index (χ3v) is 3.76. The molecular weight excluding hydrogens is 318 g/mol. The lowest BCUT2D eigenvalue weighted by atomic mass is 10.2. The normalized spacial score (nSPS) is 10.3. The lowest BCUT2D eigenvalue weighted by Crippen LogP contribution is -2.08. The molecule has 0 aromatic heterocycles. The highest BCUT2D eigenvalue weighted by Crippen LogP contribution is 2.26. The van der Waals surface area contributed by atoms with Crippen LogP contribution < -0.4 is 14.8 Å². The van der Waals surface area contributed by atoms with Crippen molar-refractivity contribution in [1.82, 2.24) is 5.32 Å². The van der Waals surface area contributed by atoms with E-state index in [2.05, 4.69) is 21.2 Å². The van der Waals surface area contributed by atoms with Gasteiger partial charge in [0.05, 0.1) is 7.11 Å². The summed E-state index contributed by atoms with van der Waals surface area (Å²) in [5.74, 6) is 1.64. The van der Waals surface area contributed by atoms with Gasteiger partial charge in [-0.3, -0.25) is 0 Å². The Kier molecular flexibility index (Phi) is 5.44. The molecule has 0 aliphatic heterocycles. The Morgan fingerprint density at radius 1 is 1.10 bits per heavy atom. The van der Waals surface area contributed by atoms with Crippen LogP contribution in [0.2, 0.25) is 0 Å². The number of rotatable bonds is 6. The van der Waals surface area contributed by atoms with E-state index < -0.39 is 0 Å². The van der Waals surface area contributed by atoms with Crippen molar-refractivity contribution in [1.29, 1.82) is 0 Å². The third-order valence-electron chi connectivity index (χ3n) is 2.98. The first-order valence-corrected chi connectivity index (χ1v) is 7.21. The average molecular weight is 336 g/mol. The monoisotopic (exact) mass is 335 g/mol. The highest BCUT2D eigenvalue weighted by Gasteiger charge is 2.07. The molecule has 0 unspecified atom stereocenters. The highest BCUT2D eigenvalue weighted by atomic mass is 79.9. The van der Waals surface area contributed by atoms with Crippen molar-refractivity contribution >= 4 is 15.9 Å².